The van der Waals surface area contributed by atoms with Crippen molar-refractivity contribution < 1.29 is 9.32 Å². The number of nitrogens with one attached hydrogen (secondary N) is 1. The van der Waals surface area contributed by atoms with Crippen LogP contribution in [0.5, 0.6) is 0 Å². The van der Waals surface area contributed by atoms with E-state index in [9.17, 15) is 4.79 Å². The van der Waals surface area contributed by atoms with Crippen molar-refractivity contribution in [2.45, 2.75) is 58.9 Å². The average molecular weight is 356 g/mol. The first-order chi connectivity index (χ1) is 12.6. The zero-order valence-corrected chi connectivity index (χ0v) is 15.9. The molecule has 1 unspecified atom stereocenters. The van der Waals surface area contributed by atoms with Gasteiger partial charge in [0.15, 0.2) is 5.82 Å². The molecular weight excluding hydrogens is 328 g/mol. The zero-order valence-electron chi connectivity index (χ0n) is 15.9. The van der Waals surface area contributed by atoms with Gasteiger partial charge in [0.2, 0.25) is 5.89 Å². The molecule has 0 spiro atoms. The van der Waals surface area contributed by atoms with Crippen LogP contribution in [0, 0.1) is 20.8 Å². The number of hydrogen-bond acceptors (Lipinski definition) is 4. The van der Waals surface area contributed by atoms with Gasteiger partial charge in [-0.15, -0.1) is 0 Å². The van der Waals surface area contributed by atoms with Gasteiger partial charge in [-0.25, -0.2) is 4.79 Å². The van der Waals surface area contributed by atoms with Crippen LogP contribution >= 0.6 is 0 Å². The predicted molar refractivity (Wildman–Crippen MR) is 100.0 cm³/mol. The van der Waals surface area contributed by atoms with E-state index in [0.29, 0.717) is 24.7 Å². The molecule has 2 heterocycles. The third-order valence-electron chi connectivity index (χ3n) is 5.18. The summed E-state index contributed by atoms with van der Waals surface area (Å²) in [6, 6.07) is 6.58. The molecule has 0 bridgehead atoms. The zero-order chi connectivity index (χ0) is 18.5. The lowest BCUT2D eigenvalue weighted by atomic mass is 9.90. The van der Waals surface area contributed by atoms with Gasteiger partial charge in [0.25, 0.3) is 0 Å². The van der Waals surface area contributed by atoms with Gasteiger partial charge in [-0.2, -0.15) is 4.98 Å². The van der Waals surface area contributed by atoms with E-state index in [1.165, 1.54) is 23.1 Å². The Balaban J connectivity index is 1.58. The molecular formula is C20H28N4O2. The van der Waals surface area contributed by atoms with Gasteiger partial charge < -0.3 is 14.7 Å². The summed E-state index contributed by atoms with van der Waals surface area (Å²) in [7, 11) is 0. The maximum absolute atomic E-state index is 12.8. The topological polar surface area (TPSA) is 71.3 Å². The van der Waals surface area contributed by atoms with Gasteiger partial charge in [-0.3, -0.25) is 0 Å². The Bertz CT molecular complexity index is 756. The number of hydrogen-bond donors (Lipinski definition) is 1. The van der Waals surface area contributed by atoms with Crippen molar-refractivity contribution in [2.75, 3.05) is 13.1 Å². The van der Waals surface area contributed by atoms with Crippen LogP contribution in [-0.2, 0) is 6.42 Å². The number of amides is 2. The van der Waals surface area contributed by atoms with E-state index in [4.69, 9.17) is 4.52 Å². The van der Waals surface area contributed by atoms with Crippen molar-refractivity contribution in [3.05, 3.63) is 46.6 Å². The van der Waals surface area contributed by atoms with Crippen LogP contribution in [0.4, 0.5) is 4.79 Å². The number of piperidine rings is 1. The average Bonchev–Trinajstić information content (AvgIpc) is 3.06. The molecule has 6 heteroatoms. The van der Waals surface area contributed by atoms with E-state index in [1.807, 2.05) is 4.90 Å². The smallest absolute Gasteiger partial charge is 0.317 e. The molecule has 1 N–H and O–H groups in total. The number of likely N-dealkylation sites (tertiary alicyclic amines) is 1. The number of aryl methyl sites for hydroxylation is 3. The molecule has 2 amide bonds. The Hall–Kier alpha value is -2.37. The summed E-state index contributed by atoms with van der Waals surface area (Å²) in [5, 5.41) is 6.84. The lowest BCUT2D eigenvalue weighted by Crippen LogP contribution is -2.45. The maximum atomic E-state index is 12.8. The van der Waals surface area contributed by atoms with Crippen LogP contribution in [-0.4, -0.2) is 34.2 Å². The largest absolute Gasteiger partial charge is 0.339 e. The number of urea groups is 1. The molecule has 1 aromatic heterocycles. The van der Waals surface area contributed by atoms with E-state index in [0.717, 1.165) is 25.8 Å². The molecule has 1 aliphatic rings. The highest BCUT2D eigenvalue weighted by Gasteiger charge is 2.28. The van der Waals surface area contributed by atoms with E-state index in [1.54, 1.807) is 6.92 Å². The monoisotopic (exact) mass is 356 g/mol. The van der Waals surface area contributed by atoms with Crippen LogP contribution < -0.4 is 5.32 Å². The number of rotatable bonds is 5. The summed E-state index contributed by atoms with van der Waals surface area (Å²) in [6.07, 6.45) is 4.73. The molecule has 26 heavy (non-hydrogen) atoms. The highest BCUT2D eigenvalue weighted by atomic mass is 16.5. The molecule has 1 aromatic carbocycles. The molecule has 0 aliphatic carbocycles. The van der Waals surface area contributed by atoms with E-state index in [-0.39, 0.29) is 12.1 Å². The Morgan fingerprint density at radius 3 is 2.92 bits per heavy atom. The van der Waals surface area contributed by atoms with E-state index in [2.05, 4.69) is 47.5 Å². The van der Waals surface area contributed by atoms with Crippen molar-refractivity contribution in [1.82, 2.24) is 20.4 Å². The highest BCUT2D eigenvalue weighted by molar-refractivity contribution is 5.75. The first-order valence-corrected chi connectivity index (χ1v) is 9.46. The first kappa shape index (κ1) is 18.4. The summed E-state index contributed by atoms with van der Waals surface area (Å²) < 4.78 is 5.10. The molecule has 1 saturated heterocycles. The lowest BCUT2D eigenvalue weighted by Gasteiger charge is -2.37. The second-order valence-corrected chi connectivity index (χ2v) is 7.06. The van der Waals surface area contributed by atoms with Crippen LogP contribution in [0.2, 0.25) is 0 Å². The SMILES string of the molecule is Cc1noc(CCCNC(=O)N2CCCCC2c2cccc(C)c2C)n1. The second-order valence-electron chi connectivity index (χ2n) is 7.06. The molecule has 140 valence electrons. The van der Waals surface area contributed by atoms with Gasteiger partial charge in [0.05, 0.1) is 6.04 Å². The normalized spacial score (nSPS) is 17.3. The molecule has 0 saturated carbocycles. The Labute approximate surface area is 155 Å². The van der Waals surface area contributed by atoms with Crippen molar-refractivity contribution in [3.63, 3.8) is 0 Å². The third-order valence-corrected chi connectivity index (χ3v) is 5.18. The summed E-state index contributed by atoms with van der Waals surface area (Å²) in [4.78, 5) is 18.9. The highest BCUT2D eigenvalue weighted by Crippen LogP contribution is 2.33. The van der Waals surface area contributed by atoms with Crippen LogP contribution in [0.25, 0.3) is 0 Å². The number of aromatic nitrogens is 2. The van der Waals surface area contributed by atoms with Crippen LogP contribution in [0.3, 0.4) is 0 Å². The molecule has 1 aliphatic heterocycles. The number of nitrogens with zero attached hydrogens (tertiary/aromatic N) is 3. The summed E-state index contributed by atoms with van der Waals surface area (Å²) in [6.45, 7) is 7.51. The Kier molecular flexibility index (Phi) is 5.91. The number of benzene rings is 1. The minimum absolute atomic E-state index is 0.0253. The van der Waals surface area contributed by atoms with E-state index >= 15 is 0 Å². The minimum Gasteiger partial charge on any atom is -0.339 e. The Morgan fingerprint density at radius 2 is 2.15 bits per heavy atom. The molecule has 6 nitrogen and oxygen atoms in total. The van der Waals surface area contributed by atoms with E-state index < -0.39 is 0 Å². The molecule has 3 rings (SSSR count). The first-order valence-electron chi connectivity index (χ1n) is 9.46. The third kappa shape index (κ3) is 4.23. The van der Waals surface area contributed by atoms with Crippen molar-refractivity contribution >= 4 is 6.03 Å². The fourth-order valence-corrected chi connectivity index (χ4v) is 3.61. The standard InChI is InChI=1S/C20H28N4O2/c1-14-8-6-9-17(15(14)2)18-10-4-5-13-24(18)20(25)21-12-7-11-19-22-16(3)23-26-19/h6,8-9,18H,4-5,7,10-13H2,1-3H3,(H,21,25). The Morgan fingerprint density at radius 1 is 1.31 bits per heavy atom. The van der Waals surface area contributed by atoms with Crippen molar-refractivity contribution in [3.8, 4) is 0 Å². The molecule has 2 aromatic rings. The summed E-state index contributed by atoms with van der Waals surface area (Å²) >= 11 is 0. The van der Waals surface area contributed by atoms with Crippen LogP contribution in [0.15, 0.2) is 22.7 Å². The van der Waals surface area contributed by atoms with Gasteiger partial charge in [0, 0.05) is 19.5 Å². The van der Waals surface area contributed by atoms with Gasteiger partial charge in [-0.05, 0) is 63.1 Å². The second kappa shape index (κ2) is 8.34. The minimum atomic E-state index is 0.0253. The van der Waals surface area contributed by atoms with Gasteiger partial charge in [0.1, 0.15) is 0 Å². The summed E-state index contributed by atoms with van der Waals surface area (Å²) in [5.74, 6) is 1.27. The fourth-order valence-electron chi connectivity index (χ4n) is 3.61. The maximum Gasteiger partial charge on any atom is 0.317 e. The van der Waals surface area contributed by atoms with Gasteiger partial charge in [-0.1, -0.05) is 23.4 Å². The van der Waals surface area contributed by atoms with Gasteiger partial charge >= 0.3 is 6.03 Å². The molecule has 1 atom stereocenters. The predicted octanol–water partition coefficient (Wildman–Crippen LogP) is 3.86. The summed E-state index contributed by atoms with van der Waals surface area (Å²) in [5.41, 5.74) is 3.86. The molecule has 0 radical (unpaired) electrons. The molecule has 1 fully saturated rings. The quantitative estimate of drug-likeness (QED) is 0.826. The number of carbonyl (C=O) groups excluding carboxylic acids is 1. The van der Waals surface area contributed by atoms with Crippen LogP contribution in [0.1, 0.15) is 60.1 Å². The van der Waals surface area contributed by atoms with Crippen molar-refractivity contribution in [2.24, 2.45) is 0 Å². The number of carbonyl (C=O) groups is 1. The van der Waals surface area contributed by atoms with Crippen molar-refractivity contribution in [1.29, 1.82) is 0 Å². The fraction of sp³-hybridized carbons (Fsp3) is 0.550. The lowest BCUT2D eigenvalue weighted by molar-refractivity contribution is 0.151.